The lowest BCUT2D eigenvalue weighted by atomic mass is 9.78. The molecule has 0 saturated heterocycles. The van der Waals surface area contributed by atoms with Gasteiger partial charge < -0.3 is 14.2 Å². The molecule has 0 radical (unpaired) electrons. The fourth-order valence-electron chi connectivity index (χ4n) is 6.19. The summed E-state index contributed by atoms with van der Waals surface area (Å²) in [5, 5.41) is 0. The summed E-state index contributed by atoms with van der Waals surface area (Å²) in [6, 6.07) is 1.05. The van der Waals surface area contributed by atoms with Crippen LogP contribution in [0.25, 0.3) is 0 Å². The van der Waals surface area contributed by atoms with Crippen LogP contribution in [0, 0.1) is 35.3 Å². The quantitative estimate of drug-likeness (QED) is 0.0673. The summed E-state index contributed by atoms with van der Waals surface area (Å²) < 4.78 is 78.3. The monoisotopic (exact) mass is 588 g/mol. The molecule has 0 aromatic heterocycles. The Kier molecular flexibility index (Phi) is 13.9. The Morgan fingerprint density at radius 2 is 1.44 bits per heavy atom. The zero-order valence-corrected chi connectivity index (χ0v) is 24.2. The molecular weight excluding hydrogens is 543 g/mol. The maximum absolute atomic E-state index is 13.9. The van der Waals surface area contributed by atoms with E-state index in [1.807, 2.05) is 0 Å². The van der Waals surface area contributed by atoms with E-state index in [0.29, 0.717) is 30.9 Å². The Hall–Kier alpha value is -2.16. The van der Waals surface area contributed by atoms with E-state index in [1.165, 1.54) is 70.6 Å². The van der Waals surface area contributed by atoms with E-state index < -0.39 is 41.4 Å². The van der Waals surface area contributed by atoms with Crippen molar-refractivity contribution in [2.45, 2.75) is 109 Å². The van der Waals surface area contributed by atoms with Crippen molar-refractivity contribution >= 4 is 5.97 Å². The summed E-state index contributed by atoms with van der Waals surface area (Å²) >= 11 is 0. The maximum atomic E-state index is 13.9. The second kappa shape index (κ2) is 17.1. The smallest absolute Gasteiger partial charge is 0.426 e. The van der Waals surface area contributed by atoms with Gasteiger partial charge in [0.25, 0.3) is 0 Å². The molecule has 1 aromatic rings. The van der Waals surface area contributed by atoms with Gasteiger partial charge in [0.1, 0.15) is 5.75 Å². The van der Waals surface area contributed by atoms with Crippen molar-refractivity contribution in [3.05, 3.63) is 35.9 Å². The number of rotatable bonds is 15. The lowest BCUT2D eigenvalue weighted by Gasteiger charge is -2.28. The first kappa shape index (κ1) is 33.3. The van der Waals surface area contributed by atoms with Crippen LogP contribution in [0.1, 0.15) is 103 Å². The van der Waals surface area contributed by atoms with Crippen molar-refractivity contribution in [1.29, 1.82) is 0 Å². The molecule has 0 heterocycles. The average Bonchev–Trinajstić information content (AvgIpc) is 2.93. The zero-order chi connectivity index (χ0) is 29.7. The van der Waals surface area contributed by atoms with Gasteiger partial charge >= 0.3 is 12.3 Å². The summed E-state index contributed by atoms with van der Waals surface area (Å²) in [5.74, 6) is -4.17. The van der Waals surface area contributed by atoms with Crippen LogP contribution in [-0.2, 0) is 9.53 Å². The van der Waals surface area contributed by atoms with Gasteiger partial charge in [-0.15, -0.1) is 13.2 Å². The lowest BCUT2D eigenvalue weighted by molar-refractivity contribution is -0.276. The molecule has 4 nitrogen and oxygen atoms in total. The first-order chi connectivity index (χ1) is 19.6. The van der Waals surface area contributed by atoms with E-state index in [1.54, 1.807) is 7.11 Å². The first-order valence-corrected chi connectivity index (χ1v) is 15.3. The minimum absolute atomic E-state index is 0.387. The van der Waals surface area contributed by atoms with Gasteiger partial charge in [0, 0.05) is 25.8 Å². The van der Waals surface area contributed by atoms with Crippen LogP contribution >= 0.6 is 0 Å². The molecule has 0 atom stereocenters. The third kappa shape index (κ3) is 12.3. The number of hydrogen-bond donors (Lipinski definition) is 0. The van der Waals surface area contributed by atoms with E-state index in [2.05, 4.69) is 16.9 Å². The van der Waals surface area contributed by atoms with Crippen LogP contribution in [0.5, 0.6) is 11.5 Å². The molecule has 232 valence electrons. The highest BCUT2D eigenvalue weighted by atomic mass is 19.4. The highest BCUT2D eigenvalue weighted by Crippen LogP contribution is 2.36. The Bertz CT molecular complexity index is 925. The van der Waals surface area contributed by atoms with Crippen LogP contribution in [0.15, 0.2) is 24.3 Å². The van der Waals surface area contributed by atoms with Crippen molar-refractivity contribution in [3.63, 3.8) is 0 Å². The summed E-state index contributed by atoms with van der Waals surface area (Å²) in [7, 11) is 1.76. The standard InChI is InChI=1S/C32H45F5O4/c1-39-20-8-4-2-3-5-9-23-12-14-24(15-13-23)10-6-7-11-25-16-18-26(19-17-25)31(38)40-27-21-28(33)30(29(34)22-27)41-32(35,36)37/h7,11,21-26H,2-6,8-10,12-20H2,1H3. The Morgan fingerprint density at radius 1 is 0.854 bits per heavy atom. The van der Waals surface area contributed by atoms with E-state index in [-0.39, 0.29) is 0 Å². The van der Waals surface area contributed by atoms with Crippen molar-refractivity contribution < 1.29 is 41.0 Å². The fourth-order valence-corrected chi connectivity index (χ4v) is 6.19. The molecule has 9 heteroatoms. The van der Waals surface area contributed by atoms with Gasteiger partial charge in [0.2, 0.25) is 5.75 Å². The van der Waals surface area contributed by atoms with Crippen molar-refractivity contribution in [3.8, 4) is 11.5 Å². The van der Waals surface area contributed by atoms with Crippen LogP contribution in [0.2, 0.25) is 0 Å². The topological polar surface area (TPSA) is 44.8 Å². The third-order valence-corrected chi connectivity index (χ3v) is 8.59. The number of unbranched alkanes of at least 4 members (excludes halogenated alkanes) is 4. The summed E-state index contributed by atoms with van der Waals surface area (Å²) in [5.41, 5.74) is 0. The first-order valence-electron chi connectivity index (χ1n) is 15.3. The van der Waals surface area contributed by atoms with Crippen LogP contribution in [0.3, 0.4) is 0 Å². The summed E-state index contributed by atoms with van der Waals surface area (Å²) in [6.45, 7) is 0.876. The number of esters is 1. The molecular formula is C32H45F5O4. The second-order valence-electron chi connectivity index (χ2n) is 11.7. The summed E-state index contributed by atoms with van der Waals surface area (Å²) in [4.78, 5) is 12.5. The highest BCUT2D eigenvalue weighted by Gasteiger charge is 2.34. The number of carbonyl (C=O) groups excluding carboxylic acids is 1. The van der Waals surface area contributed by atoms with E-state index >= 15 is 0 Å². The molecule has 2 aliphatic rings. The number of carbonyl (C=O) groups is 1. The molecule has 1 aromatic carbocycles. The van der Waals surface area contributed by atoms with E-state index in [0.717, 1.165) is 37.7 Å². The molecule has 2 aliphatic carbocycles. The molecule has 0 bridgehead atoms. The minimum Gasteiger partial charge on any atom is -0.426 e. The zero-order valence-electron chi connectivity index (χ0n) is 24.2. The van der Waals surface area contributed by atoms with Crippen LogP contribution in [0.4, 0.5) is 22.0 Å². The fraction of sp³-hybridized carbons (Fsp3) is 0.719. The maximum Gasteiger partial charge on any atom is 0.573 e. The van der Waals surface area contributed by atoms with E-state index in [4.69, 9.17) is 9.47 Å². The van der Waals surface area contributed by atoms with Gasteiger partial charge in [0.15, 0.2) is 11.6 Å². The summed E-state index contributed by atoms with van der Waals surface area (Å²) in [6.07, 6.45) is 17.6. The minimum atomic E-state index is -5.24. The van der Waals surface area contributed by atoms with Crippen LogP contribution < -0.4 is 9.47 Å². The molecule has 0 N–H and O–H groups in total. The van der Waals surface area contributed by atoms with Gasteiger partial charge in [-0.05, 0) is 62.7 Å². The van der Waals surface area contributed by atoms with Crippen molar-refractivity contribution in [2.24, 2.45) is 23.7 Å². The molecule has 0 unspecified atom stereocenters. The number of alkyl halides is 3. The number of allylic oxidation sites excluding steroid dienone is 2. The molecule has 0 aliphatic heterocycles. The van der Waals surface area contributed by atoms with Gasteiger partial charge in [-0.25, -0.2) is 8.78 Å². The Balaban J connectivity index is 1.28. The number of benzene rings is 1. The largest absolute Gasteiger partial charge is 0.573 e. The molecule has 41 heavy (non-hydrogen) atoms. The molecule has 0 amide bonds. The van der Waals surface area contributed by atoms with Gasteiger partial charge in [-0.2, -0.15) is 0 Å². The van der Waals surface area contributed by atoms with Gasteiger partial charge in [-0.1, -0.05) is 69.9 Å². The second-order valence-corrected chi connectivity index (χ2v) is 11.7. The van der Waals surface area contributed by atoms with Crippen LogP contribution in [-0.4, -0.2) is 26.0 Å². The molecule has 2 fully saturated rings. The lowest BCUT2D eigenvalue weighted by Crippen LogP contribution is -2.25. The molecule has 3 rings (SSSR count). The Morgan fingerprint density at radius 3 is 2.05 bits per heavy atom. The number of halogens is 5. The Labute approximate surface area is 241 Å². The number of hydrogen-bond acceptors (Lipinski definition) is 4. The SMILES string of the molecule is COCCCCCCCC1CCC(CCC=CC2CCC(C(=O)Oc3cc(F)c(OC(F)(F)F)c(F)c3)CC2)CC1. The highest BCUT2D eigenvalue weighted by molar-refractivity contribution is 5.75. The van der Waals surface area contributed by atoms with Crippen molar-refractivity contribution in [2.75, 3.05) is 13.7 Å². The van der Waals surface area contributed by atoms with Gasteiger partial charge in [0.05, 0.1) is 5.92 Å². The molecule has 2 saturated carbocycles. The van der Waals surface area contributed by atoms with Gasteiger partial charge in [-0.3, -0.25) is 4.79 Å². The number of ether oxygens (including phenoxy) is 3. The van der Waals surface area contributed by atoms with E-state index in [9.17, 15) is 26.7 Å². The molecule has 0 spiro atoms. The normalized spacial score (nSPS) is 23.6. The van der Waals surface area contributed by atoms with Crippen molar-refractivity contribution in [1.82, 2.24) is 0 Å². The predicted molar refractivity (Wildman–Crippen MR) is 148 cm³/mol. The third-order valence-electron chi connectivity index (χ3n) is 8.59. The average molecular weight is 589 g/mol. The number of methoxy groups -OCH3 is 1. The predicted octanol–water partition coefficient (Wildman–Crippen LogP) is 9.70.